The summed E-state index contributed by atoms with van der Waals surface area (Å²) in [6, 6.07) is 0. The van der Waals surface area contributed by atoms with E-state index < -0.39 is 74.0 Å². The first-order valence-corrected chi connectivity index (χ1v) is 7.64. The predicted octanol–water partition coefficient (Wildman–Crippen LogP) is 2.43. The van der Waals surface area contributed by atoms with Gasteiger partial charge in [-0.3, -0.25) is 0 Å². The predicted molar refractivity (Wildman–Crippen MR) is 79.1 cm³/mol. The zero-order chi connectivity index (χ0) is 23.0. The molecule has 0 N–H and O–H groups in total. The van der Waals surface area contributed by atoms with Crippen molar-refractivity contribution in [1.29, 1.82) is 0 Å². The van der Waals surface area contributed by atoms with E-state index in [1.807, 2.05) is 0 Å². The van der Waals surface area contributed by atoms with Crippen LogP contribution in [0.2, 0.25) is 0 Å². The van der Waals surface area contributed by atoms with E-state index in [-0.39, 0.29) is 6.92 Å². The average molecular weight is 442 g/mol. The Balaban J connectivity index is 5.55. The molecule has 0 saturated heterocycles. The van der Waals surface area contributed by atoms with E-state index >= 15 is 0 Å². The van der Waals surface area contributed by atoms with Crippen LogP contribution in [-0.4, -0.2) is 68.5 Å². The minimum Gasteiger partial charge on any atom is -0.463 e. The number of carbonyl (C=O) groups excluding carboxylic acids is 3. The highest BCUT2D eigenvalue weighted by atomic mass is 19.4. The van der Waals surface area contributed by atoms with E-state index in [0.29, 0.717) is 0 Å². The molecule has 0 aliphatic carbocycles. The molecule has 1 atom stereocenters. The molecule has 0 aliphatic heterocycles. The van der Waals surface area contributed by atoms with E-state index in [2.05, 4.69) is 25.5 Å². The van der Waals surface area contributed by atoms with Gasteiger partial charge in [0.05, 0.1) is 18.8 Å². The third-order valence-electron chi connectivity index (χ3n) is 2.99. The Hall–Kier alpha value is -2.38. The molecule has 0 rings (SSSR count). The summed E-state index contributed by atoms with van der Waals surface area (Å²) < 4.78 is 105. The molecule has 0 bridgehead atoms. The van der Waals surface area contributed by atoms with Crippen LogP contribution in [0.3, 0.4) is 0 Å². The van der Waals surface area contributed by atoms with Crippen LogP contribution >= 0.6 is 0 Å². The molecule has 0 spiro atoms. The summed E-state index contributed by atoms with van der Waals surface area (Å²) in [5.74, 6) is -11.7. The van der Waals surface area contributed by atoms with Gasteiger partial charge in [0.1, 0.15) is 6.61 Å². The maximum Gasteiger partial charge on any atom is 0.422 e. The standard InChI is InChI=1S/C15H17F7O7/c1-4-27-11(24)13(3,15(21,22)12(25)28-7-14(18,19)20)29-10(23)8(2)5-26-6-9(16)17/h9H,2,4-7H2,1,3H3. The second-order valence-electron chi connectivity index (χ2n) is 5.42. The minimum atomic E-state index is -5.15. The quantitative estimate of drug-likeness (QED) is 0.210. The number of ether oxygens (including phenoxy) is 4. The van der Waals surface area contributed by atoms with Gasteiger partial charge in [0.15, 0.2) is 6.61 Å². The number of rotatable bonds is 11. The van der Waals surface area contributed by atoms with Crippen LogP contribution in [0.5, 0.6) is 0 Å². The van der Waals surface area contributed by atoms with Crippen LogP contribution in [0.15, 0.2) is 12.2 Å². The van der Waals surface area contributed by atoms with Crippen LogP contribution in [0.25, 0.3) is 0 Å². The molecule has 0 amide bonds. The normalized spacial score (nSPS) is 14.1. The highest BCUT2D eigenvalue weighted by molar-refractivity contribution is 5.96. The largest absolute Gasteiger partial charge is 0.463 e. The molecule has 1 unspecified atom stereocenters. The van der Waals surface area contributed by atoms with Crippen molar-refractivity contribution in [3.05, 3.63) is 12.2 Å². The molecule has 14 heteroatoms. The average Bonchev–Trinajstić information content (AvgIpc) is 2.58. The first-order chi connectivity index (χ1) is 13.1. The lowest BCUT2D eigenvalue weighted by Gasteiger charge is -2.32. The lowest BCUT2D eigenvalue weighted by molar-refractivity contribution is -0.238. The third-order valence-corrected chi connectivity index (χ3v) is 2.99. The lowest BCUT2D eigenvalue weighted by Crippen LogP contribution is -2.60. The fourth-order valence-electron chi connectivity index (χ4n) is 1.52. The van der Waals surface area contributed by atoms with Crippen molar-refractivity contribution in [3.8, 4) is 0 Å². The van der Waals surface area contributed by atoms with Crippen LogP contribution in [0.1, 0.15) is 13.8 Å². The Kier molecular flexibility index (Phi) is 9.56. The van der Waals surface area contributed by atoms with E-state index in [9.17, 15) is 45.1 Å². The molecule has 168 valence electrons. The van der Waals surface area contributed by atoms with Gasteiger partial charge >= 0.3 is 30.0 Å². The molecule has 0 saturated carbocycles. The number of hydrogen-bond donors (Lipinski definition) is 0. The van der Waals surface area contributed by atoms with Gasteiger partial charge in [-0.25, -0.2) is 23.2 Å². The smallest absolute Gasteiger partial charge is 0.422 e. The third kappa shape index (κ3) is 7.87. The Labute approximate surface area is 159 Å². The maximum absolute atomic E-state index is 14.4. The fourth-order valence-corrected chi connectivity index (χ4v) is 1.52. The summed E-state index contributed by atoms with van der Waals surface area (Å²) in [4.78, 5) is 35.2. The first-order valence-electron chi connectivity index (χ1n) is 7.64. The number of alkyl halides is 7. The Morgan fingerprint density at radius 3 is 2.00 bits per heavy atom. The zero-order valence-electron chi connectivity index (χ0n) is 15.1. The summed E-state index contributed by atoms with van der Waals surface area (Å²) in [6.07, 6.45) is -8.07. The lowest BCUT2D eigenvalue weighted by atomic mass is 9.97. The minimum absolute atomic E-state index is 0.199. The van der Waals surface area contributed by atoms with Crippen molar-refractivity contribution >= 4 is 17.9 Å². The monoisotopic (exact) mass is 442 g/mol. The van der Waals surface area contributed by atoms with Crippen molar-refractivity contribution < 1.29 is 64.1 Å². The molecule has 7 nitrogen and oxygen atoms in total. The molecular weight excluding hydrogens is 425 g/mol. The number of hydrogen-bond acceptors (Lipinski definition) is 7. The van der Waals surface area contributed by atoms with E-state index in [4.69, 9.17) is 0 Å². The van der Waals surface area contributed by atoms with Gasteiger partial charge in [-0.15, -0.1) is 0 Å². The van der Waals surface area contributed by atoms with Gasteiger partial charge in [0, 0.05) is 0 Å². The number of halogens is 7. The van der Waals surface area contributed by atoms with Gasteiger partial charge in [-0.05, 0) is 13.8 Å². The van der Waals surface area contributed by atoms with Gasteiger partial charge in [0.2, 0.25) is 0 Å². The van der Waals surface area contributed by atoms with Gasteiger partial charge in [-0.1, -0.05) is 6.58 Å². The van der Waals surface area contributed by atoms with Crippen LogP contribution < -0.4 is 0 Å². The molecular formula is C15H17F7O7. The molecule has 0 fully saturated rings. The summed E-state index contributed by atoms with van der Waals surface area (Å²) in [5, 5.41) is 0. The fraction of sp³-hybridized carbons (Fsp3) is 0.667. The number of carbonyl (C=O) groups is 3. The van der Waals surface area contributed by atoms with Gasteiger partial charge in [0.25, 0.3) is 12.0 Å². The molecule has 0 heterocycles. The Bertz CT molecular complexity index is 619. The number of esters is 3. The van der Waals surface area contributed by atoms with Crippen LogP contribution in [-0.2, 0) is 33.3 Å². The summed E-state index contributed by atoms with van der Waals surface area (Å²) in [7, 11) is 0. The zero-order valence-corrected chi connectivity index (χ0v) is 15.1. The molecule has 29 heavy (non-hydrogen) atoms. The molecule has 0 aromatic heterocycles. The summed E-state index contributed by atoms with van der Waals surface area (Å²) in [6.45, 7) is -0.584. The second kappa shape index (κ2) is 10.4. The SMILES string of the molecule is C=C(COCC(F)F)C(=O)OC(C)(C(=O)OCC)C(F)(F)C(=O)OCC(F)(F)F. The first kappa shape index (κ1) is 26.6. The summed E-state index contributed by atoms with van der Waals surface area (Å²) in [5.41, 5.74) is -4.56. The molecule has 0 aromatic rings. The highest BCUT2D eigenvalue weighted by Gasteiger charge is 2.66. The molecule has 0 aromatic carbocycles. The van der Waals surface area contributed by atoms with E-state index in [1.54, 1.807) is 0 Å². The van der Waals surface area contributed by atoms with E-state index in [0.717, 1.165) is 6.92 Å². The van der Waals surface area contributed by atoms with Crippen molar-refractivity contribution in [2.24, 2.45) is 0 Å². The molecule has 0 radical (unpaired) electrons. The van der Waals surface area contributed by atoms with Crippen LogP contribution in [0, 0.1) is 0 Å². The van der Waals surface area contributed by atoms with E-state index in [1.165, 1.54) is 0 Å². The Morgan fingerprint density at radius 2 is 1.55 bits per heavy atom. The van der Waals surface area contributed by atoms with Crippen molar-refractivity contribution in [1.82, 2.24) is 0 Å². The highest BCUT2D eigenvalue weighted by Crippen LogP contribution is 2.36. The molecule has 0 aliphatic rings. The van der Waals surface area contributed by atoms with Crippen molar-refractivity contribution in [2.75, 3.05) is 26.4 Å². The maximum atomic E-state index is 14.4. The summed E-state index contributed by atoms with van der Waals surface area (Å²) >= 11 is 0. The topological polar surface area (TPSA) is 88.1 Å². The van der Waals surface area contributed by atoms with Gasteiger partial charge < -0.3 is 18.9 Å². The van der Waals surface area contributed by atoms with Gasteiger partial charge in [-0.2, -0.15) is 22.0 Å². The van der Waals surface area contributed by atoms with Crippen molar-refractivity contribution in [3.63, 3.8) is 0 Å². The Morgan fingerprint density at radius 1 is 1.00 bits per heavy atom. The second-order valence-corrected chi connectivity index (χ2v) is 5.42. The van der Waals surface area contributed by atoms with Crippen LogP contribution in [0.4, 0.5) is 30.7 Å². The van der Waals surface area contributed by atoms with Crippen molar-refractivity contribution in [2.45, 2.75) is 38.0 Å².